The van der Waals surface area contributed by atoms with E-state index in [-0.39, 0.29) is 5.56 Å². The van der Waals surface area contributed by atoms with Crippen LogP contribution in [0.25, 0.3) is 11.1 Å². The van der Waals surface area contributed by atoms with E-state index in [0.29, 0.717) is 12.5 Å². The van der Waals surface area contributed by atoms with Crippen molar-refractivity contribution >= 4 is 11.8 Å². The predicted molar refractivity (Wildman–Crippen MR) is 75.1 cm³/mol. The zero-order chi connectivity index (χ0) is 13.9. The number of carboxylic acids is 1. The Hall–Kier alpha value is -2.82. The minimum absolute atomic E-state index is 0.268. The van der Waals surface area contributed by atoms with Crippen LogP contribution in [0.1, 0.15) is 15.9 Å². The van der Waals surface area contributed by atoms with Gasteiger partial charge in [0, 0.05) is 5.56 Å². The van der Waals surface area contributed by atoms with E-state index in [1.807, 2.05) is 24.3 Å². The highest BCUT2D eigenvalue weighted by Gasteiger charge is 2.13. The Morgan fingerprint density at radius 3 is 2.30 bits per heavy atom. The van der Waals surface area contributed by atoms with Crippen molar-refractivity contribution < 1.29 is 9.90 Å². The molecule has 0 saturated heterocycles. The molecule has 0 aromatic heterocycles. The maximum absolute atomic E-state index is 10.9. The van der Waals surface area contributed by atoms with Crippen molar-refractivity contribution in [3.8, 4) is 11.1 Å². The van der Waals surface area contributed by atoms with Crippen LogP contribution >= 0.6 is 0 Å². The molecule has 0 fully saturated rings. The first-order valence-corrected chi connectivity index (χ1v) is 6.11. The molecule has 2 aromatic carbocycles. The predicted octanol–water partition coefficient (Wildman–Crippen LogP) is 3.22. The highest BCUT2D eigenvalue weighted by atomic mass is 16.4. The van der Waals surface area contributed by atoms with Crippen molar-refractivity contribution in [3.63, 3.8) is 0 Å². The van der Waals surface area contributed by atoms with E-state index >= 15 is 0 Å². The minimum atomic E-state index is -0.932. The number of carboxylic acid groups (broad SMARTS) is 1. The summed E-state index contributed by atoms with van der Waals surface area (Å²) in [5.41, 5.74) is 3.06. The summed E-state index contributed by atoms with van der Waals surface area (Å²) in [4.78, 5) is 15.1. The third-order valence-corrected chi connectivity index (χ3v) is 3.06. The second kappa shape index (κ2) is 5.05. The summed E-state index contributed by atoms with van der Waals surface area (Å²) in [7, 11) is 0. The van der Waals surface area contributed by atoms with Gasteiger partial charge in [-0.15, -0.1) is 5.11 Å². The average Bonchev–Trinajstić information content (AvgIpc) is 3.01. The lowest BCUT2D eigenvalue weighted by molar-refractivity contribution is 0.0697. The minimum Gasteiger partial charge on any atom is -0.478 e. The second-order valence-electron chi connectivity index (χ2n) is 4.29. The van der Waals surface area contributed by atoms with Crippen molar-refractivity contribution in [3.05, 3.63) is 59.7 Å². The monoisotopic (exact) mass is 265 g/mol. The van der Waals surface area contributed by atoms with E-state index in [1.54, 1.807) is 24.3 Å². The van der Waals surface area contributed by atoms with Crippen LogP contribution in [0.2, 0.25) is 0 Å². The van der Waals surface area contributed by atoms with Gasteiger partial charge in [-0.1, -0.05) is 36.4 Å². The number of aliphatic imine (C=N–C) groups is 1. The summed E-state index contributed by atoms with van der Waals surface area (Å²) >= 11 is 0. The van der Waals surface area contributed by atoms with Gasteiger partial charge in [0.25, 0.3) is 0 Å². The Morgan fingerprint density at radius 2 is 1.70 bits per heavy atom. The number of azo groups is 1. The molecular weight excluding hydrogens is 254 g/mol. The molecule has 20 heavy (non-hydrogen) atoms. The highest BCUT2D eigenvalue weighted by Crippen LogP contribution is 2.26. The van der Waals surface area contributed by atoms with Crippen LogP contribution in [0.4, 0.5) is 0 Å². The molecule has 0 radical (unpaired) electrons. The fourth-order valence-corrected chi connectivity index (χ4v) is 2.09. The normalized spacial score (nSPS) is 13.3. The number of aromatic carboxylic acids is 1. The Labute approximate surface area is 115 Å². The summed E-state index contributed by atoms with van der Waals surface area (Å²) in [6, 6.07) is 14.5. The number of nitrogens with zero attached hydrogens (tertiary/aromatic N) is 3. The number of benzene rings is 2. The molecule has 0 bridgehead atoms. The number of hydrogen-bond donors (Lipinski definition) is 1. The van der Waals surface area contributed by atoms with E-state index in [4.69, 9.17) is 5.11 Å². The molecule has 1 heterocycles. The van der Waals surface area contributed by atoms with Crippen LogP contribution in [-0.4, -0.2) is 23.6 Å². The third-order valence-electron chi connectivity index (χ3n) is 3.06. The van der Waals surface area contributed by atoms with Gasteiger partial charge in [-0.2, -0.15) is 5.11 Å². The molecule has 0 spiro atoms. The van der Waals surface area contributed by atoms with Crippen LogP contribution in [-0.2, 0) is 0 Å². The Bertz CT molecular complexity index is 718. The van der Waals surface area contributed by atoms with Crippen molar-refractivity contribution in [2.24, 2.45) is 15.2 Å². The maximum atomic E-state index is 10.9. The van der Waals surface area contributed by atoms with Crippen molar-refractivity contribution in [2.75, 3.05) is 6.67 Å². The first-order chi connectivity index (χ1) is 9.75. The van der Waals surface area contributed by atoms with Gasteiger partial charge in [-0.25, -0.2) is 9.79 Å². The lowest BCUT2D eigenvalue weighted by Gasteiger charge is -2.07. The number of rotatable bonds is 3. The molecule has 3 rings (SSSR count). The molecule has 0 amide bonds. The zero-order valence-corrected chi connectivity index (χ0v) is 10.5. The largest absolute Gasteiger partial charge is 0.478 e. The van der Waals surface area contributed by atoms with E-state index in [1.165, 1.54) is 0 Å². The smallest absolute Gasteiger partial charge is 0.335 e. The Kier molecular flexibility index (Phi) is 3.09. The van der Waals surface area contributed by atoms with Gasteiger partial charge < -0.3 is 5.11 Å². The Morgan fingerprint density at radius 1 is 1.00 bits per heavy atom. The summed E-state index contributed by atoms with van der Waals surface area (Å²) in [6.07, 6.45) is 0. The number of amidine groups is 1. The van der Waals surface area contributed by atoms with Gasteiger partial charge in [0.2, 0.25) is 0 Å². The molecule has 0 aliphatic carbocycles. The molecule has 0 saturated carbocycles. The SMILES string of the molecule is O=C(O)c1ccc(-c2ccccc2C2=NCN=N2)cc1. The van der Waals surface area contributed by atoms with Crippen molar-refractivity contribution in [1.82, 2.24) is 0 Å². The van der Waals surface area contributed by atoms with Crippen LogP contribution in [0.15, 0.2) is 63.8 Å². The van der Waals surface area contributed by atoms with E-state index < -0.39 is 5.97 Å². The van der Waals surface area contributed by atoms with Gasteiger partial charge in [0.1, 0.15) is 0 Å². The molecule has 5 heteroatoms. The highest BCUT2D eigenvalue weighted by molar-refractivity contribution is 6.05. The third kappa shape index (κ3) is 2.21. The topological polar surface area (TPSA) is 74.4 Å². The van der Waals surface area contributed by atoms with E-state index in [0.717, 1.165) is 16.7 Å². The summed E-state index contributed by atoms with van der Waals surface area (Å²) in [5, 5.41) is 16.8. The second-order valence-corrected chi connectivity index (χ2v) is 4.29. The molecule has 98 valence electrons. The molecule has 2 aromatic rings. The van der Waals surface area contributed by atoms with Gasteiger partial charge in [-0.05, 0) is 23.3 Å². The van der Waals surface area contributed by atoms with Gasteiger partial charge >= 0.3 is 5.97 Å². The molecule has 5 nitrogen and oxygen atoms in total. The van der Waals surface area contributed by atoms with Crippen LogP contribution < -0.4 is 0 Å². The number of carbonyl (C=O) groups is 1. The molecule has 0 unspecified atom stereocenters. The van der Waals surface area contributed by atoms with Crippen LogP contribution in [0.5, 0.6) is 0 Å². The fourth-order valence-electron chi connectivity index (χ4n) is 2.09. The first-order valence-electron chi connectivity index (χ1n) is 6.11. The lowest BCUT2D eigenvalue weighted by atomic mass is 9.98. The van der Waals surface area contributed by atoms with Gasteiger partial charge in [0.05, 0.1) is 5.56 Å². The van der Waals surface area contributed by atoms with Crippen LogP contribution in [0, 0.1) is 0 Å². The maximum Gasteiger partial charge on any atom is 0.335 e. The molecule has 0 atom stereocenters. The van der Waals surface area contributed by atoms with Gasteiger partial charge in [0.15, 0.2) is 12.5 Å². The molecule has 1 aliphatic rings. The van der Waals surface area contributed by atoms with Crippen molar-refractivity contribution in [2.45, 2.75) is 0 Å². The quantitative estimate of drug-likeness (QED) is 0.925. The molecular formula is C15H11N3O2. The lowest BCUT2D eigenvalue weighted by Crippen LogP contribution is -1.98. The standard InChI is InChI=1S/C15H11N3O2/c19-15(20)11-7-5-10(6-8-11)12-3-1-2-4-13(12)14-16-9-17-18-14/h1-8H,9H2,(H,19,20). The number of hydrogen-bond acceptors (Lipinski definition) is 4. The average molecular weight is 265 g/mol. The first kappa shape index (κ1) is 12.2. The fraction of sp³-hybridized carbons (Fsp3) is 0.0667. The van der Waals surface area contributed by atoms with Gasteiger partial charge in [-0.3, -0.25) is 0 Å². The Balaban J connectivity index is 2.06. The van der Waals surface area contributed by atoms with Crippen molar-refractivity contribution in [1.29, 1.82) is 0 Å². The summed E-state index contributed by atoms with van der Waals surface area (Å²) < 4.78 is 0. The molecule has 1 N–H and O–H groups in total. The zero-order valence-electron chi connectivity index (χ0n) is 10.5. The summed E-state index contributed by atoms with van der Waals surface area (Å²) in [5.74, 6) is -0.318. The van der Waals surface area contributed by atoms with E-state index in [9.17, 15) is 4.79 Å². The van der Waals surface area contributed by atoms with Crippen LogP contribution in [0.3, 0.4) is 0 Å². The van der Waals surface area contributed by atoms with E-state index in [2.05, 4.69) is 15.2 Å². The molecule has 1 aliphatic heterocycles. The summed E-state index contributed by atoms with van der Waals surface area (Å²) in [6.45, 7) is 0.363.